The third-order valence-corrected chi connectivity index (χ3v) is 4.16. The minimum atomic E-state index is -0.200. The number of aromatic amines is 1. The summed E-state index contributed by atoms with van der Waals surface area (Å²) >= 11 is 0. The van der Waals surface area contributed by atoms with Crippen molar-refractivity contribution in [3.63, 3.8) is 0 Å². The van der Waals surface area contributed by atoms with Crippen LogP contribution in [0.15, 0.2) is 24.4 Å². The van der Waals surface area contributed by atoms with Gasteiger partial charge < -0.3 is 10.1 Å². The molecule has 0 amide bonds. The van der Waals surface area contributed by atoms with Gasteiger partial charge >= 0.3 is 0 Å². The van der Waals surface area contributed by atoms with E-state index in [0.717, 1.165) is 36.3 Å². The summed E-state index contributed by atoms with van der Waals surface area (Å²) in [5.41, 5.74) is 2.23. The van der Waals surface area contributed by atoms with Crippen LogP contribution >= 0.6 is 0 Å². The Kier molecular flexibility index (Phi) is 2.90. The third kappa shape index (κ3) is 1.96. The molecule has 2 aromatic rings. The Bertz CT molecular complexity index is 596. The first-order valence-electron chi connectivity index (χ1n) is 6.57. The zero-order valence-electron chi connectivity index (χ0n) is 10.9. The number of H-pyrrole nitrogens is 1. The molecule has 2 N–H and O–H groups in total. The zero-order valence-corrected chi connectivity index (χ0v) is 10.9. The quantitative estimate of drug-likeness (QED) is 0.891. The highest BCUT2D eigenvalue weighted by molar-refractivity contribution is 5.59. The van der Waals surface area contributed by atoms with E-state index < -0.39 is 0 Å². The number of hydrogen-bond acceptors (Lipinski definition) is 2. The van der Waals surface area contributed by atoms with Crippen molar-refractivity contribution in [2.45, 2.75) is 31.6 Å². The van der Waals surface area contributed by atoms with Gasteiger partial charge in [-0.05, 0) is 43.5 Å². The number of rotatable bonds is 3. The van der Waals surface area contributed by atoms with Gasteiger partial charge in [0.25, 0.3) is 0 Å². The van der Waals surface area contributed by atoms with E-state index in [-0.39, 0.29) is 17.8 Å². The van der Waals surface area contributed by atoms with Crippen molar-refractivity contribution in [2.24, 2.45) is 0 Å². The summed E-state index contributed by atoms with van der Waals surface area (Å²) in [5, 5.41) is 9.54. The number of halogens is 1. The maximum atomic E-state index is 13.3. The van der Waals surface area contributed by atoms with Gasteiger partial charge in [0.15, 0.2) is 0 Å². The minimum absolute atomic E-state index is 0.127. The largest absolute Gasteiger partial charge is 0.395 e. The molecule has 3 nitrogen and oxygen atoms in total. The standard InChI is InChI=1S/C15H17FN2O/c1-10-7-11(3-4-12(10)16)13-8-17-14(18-13)15(9-19)5-2-6-15/h3-4,7-8,19H,2,5-6,9H2,1H3,(H,17,18). The van der Waals surface area contributed by atoms with Crippen LogP contribution in [-0.2, 0) is 5.41 Å². The third-order valence-electron chi connectivity index (χ3n) is 4.16. The molecule has 0 atom stereocenters. The van der Waals surface area contributed by atoms with Crippen LogP contribution in [0.2, 0.25) is 0 Å². The second-order valence-corrected chi connectivity index (χ2v) is 5.40. The number of aliphatic hydroxyl groups is 1. The molecule has 1 heterocycles. The monoisotopic (exact) mass is 260 g/mol. The Labute approximate surface area is 111 Å². The number of aromatic nitrogens is 2. The second-order valence-electron chi connectivity index (χ2n) is 5.40. The maximum absolute atomic E-state index is 13.3. The molecule has 0 radical (unpaired) electrons. The molecular formula is C15H17FN2O. The molecule has 0 spiro atoms. The average Bonchev–Trinajstić information content (AvgIpc) is 2.82. The number of benzene rings is 1. The molecule has 3 rings (SSSR count). The summed E-state index contributed by atoms with van der Waals surface area (Å²) in [6, 6.07) is 5.02. The van der Waals surface area contributed by atoms with E-state index in [4.69, 9.17) is 0 Å². The Morgan fingerprint density at radius 3 is 2.79 bits per heavy atom. The van der Waals surface area contributed by atoms with Crippen molar-refractivity contribution in [1.82, 2.24) is 9.97 Å². The van der Waals surface area contributed by atoms with Gasteiger partial charge in [0.05, 0.1) is 23.9 Å². The highest BCUT2D eigenvalue weighted by Gasteiger charge is 2.40. The van der Waals surface area contributed by atoms with E-state index in [9.17, 15) is 9.50 Å². The van der Waals surface area contributed by atoms with Crippen LogP contribution in [0.25, 0.3) is 11.3 Å². The Hall–Kier alpha value is -1.68. The molecule has 1 aliphatic carbocycles. The van der Waals surface area contributed by atoms with E-state index in [2.05, 4.69) is 9.97 Å². The average molecular weight is 260 g/mol. The molecule has 4 heteroatoms. The summed E-state index contributed by atoms with van der Waals surface area (Å²) in [5.74, 6) is 0.646. The molecular weight excluding hydrogens is 243 g/mol. The van der Waals surface area contributed by atoms with Crippen LogP contribution in [0, 0.1) is 12.7 Å². The van der Waals surface area contributed by atoms with Crippen LogP contribution in [0.3, 0.4) is 0 Å². The van der Waals surface area contributed by atoms with Gasteiger partial charge in [0.1, 0.15) is 11.6 Å². The molecule has 0 saturated heterocycles. The Morgan fingerprint density at radius 1 is 1.42 bits per heavy atom. The van der Waals surface area contributed by atoms with Gasteiger partial charge in [-0.3, -0.25) is 0 Å². The fourth-order valence-electron chi connectivity index (χ4n) is 2.62. The van der Waals surface area contributed by atoms with E-state index in [1.54, 1.807) is 25.3 Å². The molecule has 0 unspecified atom stereocenters. The normalized spacial score (nSPS) is 17.2. The number of imidazole rings is 1. The highest BCUT2D eigenvalue weighted by Crippen LogP contribution is 2.42. The van der Waals surface area contributed by atoms with Crippen molar-refractivity contribution in [3.8, 4) is 11.3 Å². The summed E-state index contributed by atoms with van der Waals surface area (Å²) in [6.45, 7) is 1.87. The first-order chi connectivity index (χ1) is 9.14. The van der Waals surface area contributed by atoms with Gasteiger partial charge in [-0.25, -0.2) is 9.37 Å². The number of hydrogen-bond donors (Lipinski definition) is 2. The SMILES string of the molecule is Cc1cc(-c2cnc(C3(CO)CCC3)[nH]2)ccc1F. The summed E-state index contributed by atoms with van der Waals surface area (Å²) in [6.07, 6.45) is 4.84. The molecule has 0 aliphatic heterocycles. The van der Waals surface area contributed by atoms with Crippen molar-refractivity contribution >= 4 is 0 Å². The van der Waals surface area contributed by atoms with Gasteiger partial charge in [-0.1, -0.05) is 6.42 Å². The van der Waals surface area contributed by atoms with Crippen molar-refractivity contribution in [2.75, 3.05) is 6.61 Å². The molecule has 19 heavy (non-hydrogen) atoms. The van der Waals surface area contributed by atoms with Crippen molar-refractivity contribution in [3.05, 3.63) is 41.6 Å². The highest BCUT2D eigenvalue weighted by atomic mass is 19.1. The van der Waals surface area contributed by atoms with Crippen LogP contribution in [0.4, 0.5) is 4.39 Å². The molecule has 1 aromatic carbocycles. The fourth-order valence-corrected chi connectivity index (χ4v) is 2.62. The van der Waals surface area contributed by atoms with Gasteiger partial charge in [-0.2, -0.15) is 0 Å². The van der Waals surface area contributed by atoms with Gasteiger partial charge in [-0.15, -0.1) is 0 Å². The van der Waals surface area contributed by atoms with E-state index >= 15 is 0 Å². The van der Waals surface area contributed by atoms with E-state index in [0.29, 0.717) is 5.56 Å². The topological polar surface area (TPSA) is 48.9 Å². The second kappa shape index (κ2) is 4.46. The summed E-state index contributed by atoms with van der Waals surface area (Å²) < 4.78 is 13.3. The van der Waals surface area contributed by atoms with Crippen LogP contribution in [-0.4, -0.2) is 21.7 Å². The van der Waals surface area contributed by atoms with Crippen LogP contribution in [0.5, 0.6) is 0 Å². The lowest BCUT2D eigenvalue weighted by molar-refractivity contribution is 0.113. The van der Waals surface area contributed by atoms with Crippen LogP contribution < -0.4 is 0 Å². The van der Waals surface area contributed by atoms with Gasteiger partial charge in [0, 0.05) is 5.56 Å². The molecule has 0 bridgehead atoms. The number of nitrogens with zero attached hydrogens (tertiary/aromatic N) is 1. The lowest BCUT2D eigenvalue weighted by Crippen LogP contribution is -2.39. The summed E-state index contributed by atoms with van der Waals surface area (Å²) in [4.78, 5) is 7.68. The molecule has 1 aliphatic rings. The molecule has 1 aromatic heterocycles. The zero-order chi connectivity index (χ0) is 13.5. The first kappa shape index (κ1) is 12.4. The number of aliphatic hydroxyl groups excluding tert-OH is 1. The minimum Gasteiger partial charge on any atom is -0.395 e. The fraction of sp³-hybridized carbons (Fsp3) is 0.400. The Balaban J connectivity index is 1.94. The first-order valence-corrected chi connectivity index (χ1v) is 6.57. The number of aryl methyl sites for hydroxylation is 1. The van der Waals surface area contributed by atoms with Crippen molar-refractivity contribution in [1.29, 1.82) is 0 Å². The Morgan fingerprint density at radius 2 is 2.21 bits per heavy atom. The molecule has 1 saturated carbocycles. The lowest BCUT2D eigenvalue weighted by atomic mass is 9.69. The maximum Gasteiger partial charge on any atom is 0.126 e. The summed E-state index contributed by atoms with van der Waals surface area (Å²) in [7, 11) is 0. The lowest BCUT2D eigenvalue weighted by Gasteiger charge is -2.38. The molecule has 1 fully saturated rings. The smallest absolute Gasteiger partial charge is 0.126 e. The predicted molar refractivity (Wildman–Crippen MR) is 71.3 cm³/mol. The van der Waals surface area contributed by atoms with Crippen LogP contribution in [0.1, 0.15) is 30.7 Å². The number of nitrogens with one attached hydrogen (secondary N) is 1. The predicted octanol–water partition coefficient (Wildman–Crippen LogP) is 2.94. The molecule has 100 valence electrons. The van der Waals surface area contributed by atoms with Gasteiger partial charge in [0.2, 0.25) is 0 Å². The van der Waals surface area contributed by atoms with E-state index in [1.165, 1.54) is 6.07 Å². The van der Waals surface area contributed by atoms with Crippen molar-refractivity contribution < 1.29 is 9.50 Å². The van der Waals surface area contributed by atoms with E-state index in [1.807, 2.05) is 0 Å².